The van der Waals surface area contributed by atoms with Crippen LogP contribution < -0.4 is 4.90 Å². The van der Waals surface area contributed by atoms with Crippen LogP contribution in [0.4, 0.5) is 5.69 Å². The lowest BCUT2D eigenvalue weighted by Gasteiger charge is -2.40. The van der Waals surface area contributed by atoms with Gasteiger partial charge in [-0.05, 0) is 82.7 Å². The van der Waals surface area contributed by atoms with Crippen molar-refractivity contribution in [2.24, 2.45) is 17.3 Å². The van der Waals surface area contributed by atoms with Crippen molar-refractivity contribution in [3.05, 3.63) is 33.3 Å². The molecule has 2 aliphatic rings. The Morgan fingerprint density at radius 1 is 1.11 bits per heavy atom. The smallest absolute Gasteiger partial charge is 0.348 e. The minimum atomic E-state index is -3.58. The number of carboxylic acids is 1. The van der Waals surface area contributed by atoms with E-state index in [1.165, 1.54) is 15.6 Å². The molecule has 1 aliphatic heterocycles. The third-order valence-corrected chi connectivity index (χ3v) is 11.5. The van der Waals surface area contributed by atoms with Crippen LogP contribution in [0.2, 0.25) is 0 Å². The molecular formula is C28H36N2O5S3. The number of nitrogens with zero attached hydrogens (tertiary/aromatic N) is 2. The first-order chi connectivity index (χ1) is 17.9. The van der Waals surface area contributed by atoms with Crippen LogP contribution in [0.15, 0.2) is 27.8 Å². The largest absolute Gasteiger partial charge is 0.477 e. The Bertz CT molecular complexity index is 1310. The molecule has 3 heterocycles. The second kappa shape index (κ2) is 11.5. The van der Waals surface area contributed by atoms with Gasteiger partial charge in [-0.2, -0.15) is 4.31 Å². The fraction of sp³-hybridized carbons (Fsp3) is 0.571. The zero-order valence-corrected chi connectivity index (χ0v) is 24.8. The maximum atomic E-state index is 14.0. The lowest BCUT2D eigenvalue weighted by atomic mass is 9.82. The van der Waals surface area contributed by atoms with E-state index in [1.807, 2.05) is 20.8 Å². The van der Waals surface area contributed by atoms with E-state index in [0.717, 1.165) is 37.0 Å². The summed E-state index contributed by atoms with van der Waals surface area (Å²) in [4.78, 5) is 28.8. The highest BCUT2D eigenvalue weighted by molar-refractivity contribution is 7.91. The molecule has 2 aromatic heterocycles. The average Bonchev–Trinajstić information content (AvgIpc) is 3.55. The number of carbonyl (C=O) groups is 2. The molecule has 0 aromatic carbocycles. The van der Waals surface area contributed by atoms with Crippen LogP contribution in [0.3, 0.4) is 0 Å². The molecule has 1 aliphatic carbocycles. The summed E-state index contributed by atoms with van der Waals surface area (Å²) in [5.74, 6) is 5.55. The first-order valence-electron chi connectivity index (χ1n) is 13.1. The number of hydrogen-bond acceptors (Lipinski definition) is 6. The zero-order chi connectivity index (χ0) is 27.7. The number of aromatic carboxylic acids is 1. The van der Waals surface area contributed by atoms with Crippen LogP contribution >= 0.6 is 22.7 Å². The van der Waals surface area contributed by atoms with Gasteiger partial charge in [0.15, 0.2) is 0 Å². The molecule has 4 rings (SSSR count). The summed E-state index contributed by atoms with van der Waals surface area (Å²) in [7, 11) is -3.58. The number of piperidine rings is 1. The van der Waals surface area contributed by atoms with Crippen molar-refractivity contribution < 1.29 is 23.1 Å². The normalized spacial score (nSPS) is 21.5. The second-order valence-corrected chi connectivity index (χ2v) is 15.5. The molecule has 2 aromatic rings. The van der Waals surface area contributed by atoms with E-state index in [-0.39, 0.29) is 41.2 Å². The molecule has 0 bridgehead atoms. The first kappa shape index (κ1) is 28.8. The lowest BCUT2D eigenvalue weighted by Crippen LogP contribution is -2.51. The van der Waals surface area contributed by atoms with Crippen molar-refractivity contribution in [3.8, 4) is 11.8 Å². The molecular weight excluding hydrogens is 541 g/mol. The third-order valence-electron chi connectivity index (χ3n) is 7.21. The summed E-state index contributed by atoms with van der Waals surface area (Å²) in [5, 5.41) is 11.8. The summed E-state index contributed by atoms with van der Waals surface area (Å²) < 4.78 is 27.9. The second-order valence-electron chi connectivity index (χ2n) is 11.4. The minimum Gasteiger partial charge on any atom is -0.477 e. The van der Waals surface area contributed by atoms with Gasteiger partial charge in [0.1, 0.15) is 9.09 Å². The van der Waals surface area contributed by atoms with E-state index in [4.69, 9.17) is 0 Å². The summed E-state index contributed by atoms with van der Waals surface area (Å²) in [6, 6.07) is 4.79. The number of sulfonamides is 1. The monoisotopic (exact) mass is 576 g/mol. The third kappa shape index (κ3) is 6.50. The van der Waals surface area contributed by atoms with Gasteiger partial charge in [0.05, 0.1) is 10.6 Å². The Labute approximate surface area is 233 Å². The quantitative estimate of drug-likeness (QED) is 0.431. The summed E-state index contributed by atoms with van der Waals surface area (Å²) in [6.07, 6.45) is 4.39. The van der Waals surface area contributed by atoms with Crippen LogP contribution in [0, 0.1) is 29.1 Å². The molecule has 2 fully saturated rings. The van der Waals surface area contributed by atoms with Gasteiger partial charge < -0.3 is 10.0 Å². The number of rotatable bonds is 6. The Balaban J connectivity index is 1.66. The van der Waals surface area contributed by atoms with Gasteiger partial charge in [0.2, 0.25) is 5.91 Å². The highest BCUT2D eigenvalue weighted by Gasteiger charge is 2.39. The highest BCUT2D eigenvalue weighted by Crippen LogP contribution is 2.38. The molecule has 0 atom stereocenters. The lowest BCUT2D eigenvalue weighted by molar-refractivity contribution is -0.124. The van der Waals surface area contributed by atoms with Gasteiger partial charge in [-0.1, -0.05) is 24.8 Å². The van der Waals surface area contributed by atoms with E-state index < -0.39 is 16.0 Å². The van der Waals surface area contributed by atoms with E-state index in [9.17, 15) is 23.1 Å². The number of hydrogen-bond donors (Lipinski definition) is 1. The number of carboxylic acid groups (broad SMARTS) is 1. The first-order valence-corrected chi connectivity index (χ1v) is 16.3. The summed E-state index contributed by atoms with van der Waals surface area (Å²) in [6.45, 7) is 8.72. The Kier molecular flexibility index (Phi) is 8.72. The molecule has 1 saturated carbocycles. The molecule has 1 amide bonds. The predicted octanol–water partition coefficient (Wildman–Crippen LogP) is 5.92. The molecule has 7 nitrogen and oxygen atoms in total. The van der Waals surface area contributed by atoms with Crippen molar-refractivity contribution >= 4 is 50.3 Å². The Morgan fingerprint density at radius 2 is 1.76 bits per heavy atom. The van der Waals surface area contributed by atoms with Crippen molar-refractivity contribution in [1.29, 1.82) is 0 Å². The summed E-state index contributed by atoms with van der Waals surface area (Å²) in [5.41, 5.74) is 0.145. The van der Waals surface area contributed by atoms with Crippen molar-refractivity contribution in [2.45, 2.75) is 76.5 Å². The van der Waals surface area contributed by atoms with E-state index in [2.05, 4.69) is 18.8 Å². The van der Waals surface area contributed by atoms with E-state index in [0.29, 0.717) is 33.5 Å². The van der Waals surface area contributed by atoms with E-state index in [1.54, 1.807) is 28.5 Å². The maximum Gasteiger partial charge on any atom is 0.348 e. The van der Waals surface area contributed by atoms with Crippen LogP contribution in [-0.2, 0) is 14.8 Å². The van der Waals surface area contributed by atoms with Crippen LogP contribution in [0.5, 0.6) is 0 Å². The van der Waals surface area contributed by atoms with Crippen LogP contribution in [0.1, 0.15) is 80.8 Å². The molecule has 1 saturated heterocycles. The zero-order valence-electron chi connectivity index (χ0n) is 22.4. The van der Waals surface area contributed by atoms with Gasteiger partial charge in [-0.25, -0.2) is 13.2 Å². The van der Waals surface area contributed by atoms with Gasteiger partial charge >= 0.3 is 5.97 Å². The van der Waals surface area contributed by atoms with Crippen molar-refractivity contribution in [1.82, 2.24) is 4.31 Å². The molecule has 0 unspecified atom stereocenters. The number of anilines is 1. The maximum absolute atomic E-state index is 14.0. The number of thiophene rings is 2. The average molecular weight is 577 g/mol. The Morgan fingerprint density at radius 3 is 2.32 bits per heavy atom. The van der Waals surface area contributed by atoms with Gasteiger partial charge in [0.25, 0.3) is 10.0 Å². The molecule has 10 heteroatoms. The molecule has 0 spiro atoms. The van der Waals surface area contributed by atoms with Crippen LogP contribution in [0.25, 0.3) is 0 Å². The summed E-state index contributed by atoms with van der Waals surface area (Å²) >= 11 is 2.29. The minimum absolute atomic E-state index is 0.0490. The standard InChI is InChI=1S/C28H36N2O5S3/c1-19-7-9-20(10-8-19)26(31)30(23-18-22(11-14-28(2,3)4)37-25(23)27(32)33)21-12-15-29(16-13-21)38(34,35)24-6-5-17-36-24/h5-6,17-21H,7-10,12-13,15-16H2,1-4H3,(H,32,33). The SMILES string of the molecule is CC1CCC(C(=O)N(c2cc(C#CC(C)(C)C)sc2C(=O)O)C2CCN(S(=O)(=O)c3cccs3)CC2)CC1. The number of amides is 1. The molecule has 38 heavy (non-hydrogen) atoms. The molecule has 0 radical (unpaired) electrons. The Hall–Kier alpha value is -2.19. The fourth-order valence-electron chi connectivity index (χ4n) is 5.10. The van der Waals surface area contributed by atoms with Crippen molar-refractivity contribution in [2.75, 3.05) is 18.0 Å². The predicted molar refractivity (Wildman–Crippen MR) is 152 cm³/mol. The van der Waals surface area contributed by atoms with Crippen LogP contribution in [-0.4, -0.2) is 48.8 Å². The van der Waals surface area contributed by atoms with Gasteiger partial charge in [0, 0.05) is 30.5 Å². The highest BCUT2D eigenvalue weighted by atomic mass is 32.2. The number of carbonyl (C=O) groups excluding carboxylic acids is 1. The van der Waals surface area contributed by atoms with Crippen molar-refractivity contribution in [3.63, 3.8) is 0 Å². The molecule has 206 valence electrons. The van der Waals surface area contributed by atoms with E-state index >= 15 is 0 Å². The van der Waals surface area contributed by atoms with Gasteiger partial charge in [-0.15, -0.1) is 22.7 Å². The van der Waals surface area contributed by atoms with Gasteiger partial charge in [-0.3, -0.25) is 4.79 Å². The fourth-order valence-corrected chi connectivity index (χ4v) is 8.56. The molecule has 1 N–H and O–H groups in total. The topological polar surface area (TPSA) is 95.0 Å².